The summed E-state index contributed by atoms with van der Waals surface area (Å²) in [5, 5.41) is 0. The lowest BCUT2D eigenvalue weighted by Crippen LogP contribution is -2.23. The van der Waals surface area contributed by atoms with E-state index in [-0.39, 0.29) is 5.97 Å². The Morgan fingerprint density at radius 3 is 2.28 bits per heavy atom. The second-order valence-electron chi connectivity index (χ2n) is 4.57. The van der Waals surface area contributed by atoms with E-state index in [4.69, 9.17) is 14.2 Å². The van der Waals surface area contributed by atoms with E-state index >= 15 is 0 Å². The first-order valence-corrected chi connectivity index (χ1v) is 5.91. The van der Waals surface area contributed by atoms with Crippen LogP contribution in [0.5, 0.6) is 11.5 Å². The Morgan fingerprint density at radius 1 is 1.17 bits per heavy atom. The highest BCUT2D eigenvalue weighted by Crippen LogP contribution is 2.56. The van der Waals surface area contributed by atoms with E-state index in [2.05, 4.69) is 0 Å². The molecule has 18 heavy (non-hydrogen) atoms. The minimum atomic E-state index is -0.586. The molecule has 1 aromatic rings. The second-order valence-corrected chi connectivity index (χ2v) is 4.57. The Kier molecular flexibility index (Phi) is 3.20. The van der Waals surface area contributed by atoms with Crippen LogP contribution in [0.1, 0.15) is 24.0 Å². The van der Waals surface area contributed by atoms with Gasteiger partial charge >= 0.3 is 5.97 Å². The van der Waals surface area contributed by atoms with Gasteiger partial charge < -0.3 is 14.2 Å². The van der Waals surface area contributed by atoms with Crippen molar-refractivity contribution in [2.24, 2.45) is 0 Å². The Labute approximate surface area is 107 Å². The number of carbonyl (C=O) groups is 1. The van der Waals surface area contributed by atoms with Crippen molar-refractivity contribution in [3.63, 3.8) is 0 Å². The van der Waals surface area contributed by atoms with Crippen LogP contribution in [0, 0.1) is 6.92 Å². The normalized spacial score (nSPS) is 16.0. The maximum absolute atomic E-state index is 12.0. The van der Waals surface area contributed by atoms with Crippen molar-refractivity contribution < 1.29 is 19.0 Å². The van der Waals surface area contributed by atoms with E-state index in [1.165, 1.54) is 7.11 Å². The van der Waals surface area contributed by atoms with Crippen LogP contribution in [0.25, 0.3) is 0 Å². The van der Waals surface area contributed by atoms with Crippen molar-refractivity contribution in [1.29, 1.82) is 0 Å². The summed E-state index contributed by atoms with van der Waals surface area (Å²) in [6.45, 7) is 1.95. The molecule has 1 fully saturated rings. The van der Waals surface area contributed by atoms with Crippen molar-refractivity contribution >= 4 is 5.97 Å². The molecule has 0 saturated heterocycles. The van der Waals surface area contributed by atoms with Gasteiger partial charge in [0.2, 0.25) is 0 Å². The number of aryl methyl sites for hydroxylation is 1. The van der Waals surface area contributed by atoms with E-state index in [1.54, 1.807) is 14.2 Å². The maximum Gasteiger partial charge on any atom is 0.316 e. The minimum Gasteiger partial charge on any atom is -0.496 e. The van der Waals surface area contributed by atoms with Crippen LogP contribution in [0.3, 0.4) is 0 Å². The molecule has 0 spiro atoms. The first-order chi connectivity index (χ1) is 8.60. The summed E-state index contributed by atoms with van der Waals surface area (Å²) in [7, 11) is 4.62. The molecule has 0 atom stereocenters. The van der Waals surface area contributed by atoms with Crippen LogP contribution in [-0.4, -0.2) is 27.3 Å². The average molecular weight is 250 g/mol. The van der Waals surface area contributed by atoms with E-state index in [0.29, 0.717) is 5.75 Å². The summed E-state index contributed by atoms with van der Waals surface area (Å²) in [6.07, 6.45) is 1.55. The molecule has 4 nitrogen and oxygen atoms in total. The van der Waals surface area contributed by atoms with Gasteiger partial charge in [0.1, 0.15) is 16.9 Å². The number of benzene rings is 1. The summed E-state index contributed by atoms with van der Waals surface area (Å²) in [6, 6.07) is 3.80. The van der Waals surface area contributed by atoms with Gasteiger partial charge in [0.05, 0.1) is 26.9 Å². The monoisotopic (exact) mass is 250 g/mol. The Hall–Kier alpha value is -1.71. The van der Waals surface area contributed by atoms with Crippen LogP contribution >= 0.6 is 0 Å². The Bertz CT molecular complexity index is 475. The van der Waals surface area contributed by atoms with Gasteiger partial charge in [-0.25, -0.2) is 0 Å². The lowest BCUT2D eigenvalue weighted by atomic mass is 9.92. The summed E-state index contributed by atoms with van der Waals surface area (Å²) in [5.74, 6) is 1.18. The highest BCUT2D eigenvalue weighted by atomic mass is 16.5. The second kappa shape index (κ2) is 4.52. The fourth-order valence-electron chi connectivity index (χ4n) is 2.43. The standard InChI is InChI=1S/C14H18O4/c1-9-5-6-10(16-2)11(12(9)17-3)14(7-8-14)13(15)18-4/h5-6H,7-8H2,1-4H3. The Balaban J connectivity index is 2.62. The topological polar surface area (TPSA) is 44.8 Å². The summed E-state index contributed by atoms with van der Waals surface area (Å²) in [4.78, 5) is 12.0. The molecule has 0 bridgehead atoms. The number of hydrogen-bond donors (Lipinski definition) is 0. The number of rotatable bonds is 4. The molecular formula is C14H18O4. The van der Waals surface area contributed by atoms with Crippen LogP contribution in [-0.2, 0) is 14.9 Å². The number of ether oxygens (including phenoxy) is 3. The van der Waals surface area contributed by atoms with E-state index in [0.717, 1.165) is 29.7 Å². The Morgan fingerprint density at radius 2 is 1.83 bits per heavy atom. The van der Waals surface area contributed by atoms with Gasteiger partial charge in [0.15, 0.2) is 0 Å². The predicted molar refractivity (Wildman–Crippen MR) is 67.2 cm³/mol. The fourth-order valence-corrected chi connectivity index (χ4v) is 2.43. The third-order valence-electron chi connectivity index (χ3n) is 3.55. The molecule has 98 valence electrons. The van der Waals surface area contributed by atoms with Gasteiger partial charge in [0, 0.05) is 0 Å². The fraction of sp³-hybridized carbons (Fsp3) is 0.500. The highest BCUT2D eigenvalue weighted by molar-refractivity contribution is 5.89. The predicted octanol–water partition coefficient (Wildman–Crippen LogP) is 2.22. The summed E-state index contributed by atoms with van der Waals surface area (Å²) >= 11 is 0. The third-order valence-corrected chi connectivity index (χ3v) is 3.55. The van der Waals surface area contributed by atoms with Crippen molar-refractivity contribution in [1.82, 2.24) is 0 Å². The van der Waals surface area contributed by atoms with Gasteiger partial charge in [0.25, 0.3) is 0 Å². The van der Waals surface area contributed by atoms with Crippen LogP contribution in [0.4, 0.5) is 0 Å². The molecule has 4 heteroatoms. The van der Waals surface area contributed by atoms with Crippen molar-refractivity contribution in [2.45, 2.75) is 25.2 Å². The average Bonchev–Trinajstić information content (AvgIpc) is 3.18. The number of methoxy groups -OCH3 is 3. The molecule has 2 rings (SSSR count). The SMILES string of the molecule is COC(=O)C1(c2c(OC)ccc(C)c2OC)CC1. The van der Waals surface area contributed by atoms with E-state index < -0.39 is 5.41 Å². The number of esters is 1. The molecule has 0 radical (unpaired) electrons. The zero-order valence-electron chi connectivity index (χ0n) is 11.2. The molecular weight excluding hydrogens is 232 g/mol. The lowest BCUT2D eigenvalue weighted by molar-refractivity contribution is -0.143. The molecule has 1 saturated carbocycles. The summed E-state index contributed by atoms with van der Waals surface area (Å²) < 4.78 is 15.7. The van der Waals surface area contributed by atoms with Gasteiger partial charge in [-0.05, 0) is 31.4 Å². The van der Waals surface area contributed by atoms with Crippen molar-refractivity contribution in [2.75, 3.05) is 21.3 Å². The quantitative estimate of drug-likeness (QED) is 0.769. The molecule has 0 N–H and O–H groups in total. The largest absolute Gasteiger partial charge is 0.496 e. The molecule has 0 aliphatic heterocycles. The van der Waals surface area contributed by atoms with Crippen LogP contribution < -0.4 is 9.47 Å². The first kappa shape index (κ1) is 12.7. The molecule has 0 unspecified atom stereocenters. The van der Waals surface area contributed by atoms with Gasteiger partial charge in [-0.3, -0.25) is 4.79 Å². The molecule has 1 aliphatic rings. The molecule has 0 aromatic heterocycles. The number of carbonyl (C=O) groups excluding carboxylic acids is 1. The van der Waals surface area contributed by atoms with Gasteiger partial charge in [-0.15, -0.1) is 0 Å². The van der Waals surface area contributed by atoms with Crippen molar-refractivity contribution in [3.05, 3.63) is 23.3 Å². The minimum absolute atomic E-state index is 0.218. The maximum atomic E-state index is 12.0. The molecule has 1 aliphatic carbocycles. The zero-order chi connectivity index (χ0) is 13.3. The number of hydrogen-bond acceptors (Lipinski definition) is 4. The zero-order valence-corrected chi connectivity index (χ0v) is 11.2. The van der Waals surface area contributed by atoms with E-state index in [9.17, 15) is 4.79 Å². The lowest BCUT2D eigenvalue weighted by Gasteiger charge is -2.21. The molecule has 0 heterocycles. The van der Waals surface area contributed by atoms with Crippen LogP contribution in [0.15, 0.2) is 12.1 Å². The van der Waals surface area contributed by atoms with Gasteiger partial charge in [-0.2, -0.15) is 0 Å². The first-order valence-electron chi connectivity index (χ1n) is 5.91. The van der Waals surface area contributed by atoms with E-state index in [1.807, 2.05) is 19.1 Å². The van der Waals surface area contributed by atoms with Crippen molar-refractivity contribution in [3.8, 4) is 11.5 Å². The van der Waals surface area contributed by atoms with Gasteiger partial charge in [-0.1, -0.05) is 6.07 Å². The molecule has 0 amide bonds. The third kappa shape index (κ3) is 1.72. The highest BCUT2D eigenvalue weighted by Gasteiger charge is 2.56. The van der Waals surface area contributed by atoms with Crippen LogP contribution in [0.2, 0.25) is 0 Å². The smallest absolute Gasteiger partial charge is 0.316 e. The summed E-state index contributed by atoms with van der Waals surface area (Å²) in [5.41, 5.74) is 1.22. The molecule has 1 aromatic carbocycles.